The van der Waals surface area contributed by atoms with Crippen LogP contribution >= 0.6 is 0 Å². The maximum atomic E-state index is 9.01. The second kappa shape index (κ2) is 4.99. The molecule has 0 aliphatic carbocycles. The van der Waals surface area contributed by atoms with E-state index in [1.807, 2.05) is 25.2 Å². The standard InChI is InChI=1S/C15H21N3/c1-15(2)8-7-13(17-3)11-18(15)14-6-4-5-12(9-14)10-16/h4-6,9,13,17H,7-8,11H2,1-3H3. The lowest BCUT2D eigenvalue weighted by molar-refractivity contribution is 0.313. The van der Waals surface area contributed by atoms with Crippen molar-refractivity contribution >= 4 is 5.69 Å². The van der Waals surface area contributed by atoms with Crippen LogP contribution < -0.4 is 10.2 Å². The molecule has 1 fully saturated rings. The molecule has 0 saturated carbocycles. The first-order chi connectivity index (χ1) is 8.56. The van der Waals surface area contributed by atoms with E-state index in [9.17, 15) is 0 Å². The van der Waals surface area contributed by atoms with Crippen molar-refractivity contribution in [2.75, 3.05) is 18.5 Å². The van der Waals surface area contributed by atoms with Crippen molar-refractivity contribution in [3.8, 4) is 6.07 Å². The molecule has 1 unspecified atom stereocenters. The summed E-state index contributed by atoms with van der Waals surface area (Å²) in [5.41, 5.74) is 2.04. The highest BCUT2D eigenvalue weighted by Gasteiger charge is 2.33. The van der Waals surface area contributed by atoms with Crippen LogP contribution in [0.25, 0.3) is 0 Å². The molecule has 0 bridgehead atoms. The van der Waals surface area contributed by atoms with E-state index in [1.165, 1.54) is 6.42 Å². The highest BCUT2D eigenvalue weighted by molar-refractivity contribution is 5.54. The Balaban J connectivity index is 2.30. The van der Waals surface area contributed by atoms with Crippen molar-refractivity contribution in [3.05, 3.63) is 29.8 Å². The number of hydrogen-bond donors (Lipinski definition) is 1. The molecule has 0 amide bonds. The molecule has 1 heterocycles. The smallest absolute Gasteiger partial charge is 0.0992 e. The van der Waals surface area contributed by atoms with Gasteiger partial charge >= 0.3 is 0 Å². The molecule has 1 aliphatic heterocycles. The van der Waals surface area contributed by atoms with Crippen LogP contribution in [0, 0.1) is 11.3 Å². The number of piperidine rings is 1. The Hall–Kier alpha value is -1.53. The van der Waals surface area contributed by atoms with Gasteiger partial charge in [-0.25, -0.2) is 0 Å². The van der Waals surface area contributed by atoms with Crippen LogP contribution in [-0.2, 0) is 0 Å². The van der Waals surface area contributed by atoms with Crippen molar-refractivity contribution in [3.63, 3.8) is 0 Å². The van der Waals surface area contributed by atoms with E-state index >= 15 is 0 Å². The molecule has 0 radical (unpaired) electrons. The number of hydrogen-bond acceptors (Lipinski definition) is 3. The predicted molar refractivity (Wildman–Crippen MR) is 74.7 cm³/mol. The third-order valence-electron chi connectivity index (χ3n) is 3.93. The SMILES string of the molecule is CNC1CCC(C)(C)N(c2cccc(C#N)c2)C1. The molecule has 1 aromatic rings. The Morgan fingerprint density at radius 1 is 1.44 bits per heavy atom. The Morgan fingerprint density at radius 2 is 2.22 bits per heavy atom. The normalized spacial score (nSPS) is 22.6. The monoisotopic (exact) mass is 243 g/mol. The second-order valence-corrected chi connectivity index (χ2v) is 5.61. The van der Waals surface area contributed by atoms with Gasteiger partial charge in [0.05, 0.1) is 11.6 Å². The van der Waals surface area contributed by atoms with Gasteiger partial charge in [-0.1, -0.05) is 6.07 Å². The zero-order valence-electron chi connectivity index (χ0n) is 11.4. The zero-order valence-corrected chi connectivity index (χ0v) is 11.4. The molecule has 1 aliphatic rings. The van der Waals surface area contributed by atoms with Gasteiger partial charge in [0.1, 0.15) is 0 Å². The van der Waals surface area contributed by atoms with Crippen LogP contribution in [-0.4, -0.2) is 25.2 Å². The van der Waals surface area contributed by atoms with Crippen molar-refractivity contribution in [1.82, 2.24) is 5.32 Å². The van der Waals surface area contributed by atoms with E-state index in [4.69, 9.17) is 5.26 Å². The first-order valence-electron chi connectivity index (χ1n) is 6.52. The molecule has 3 nitrogen and oxygen atoms in total. The van der Waals surface area contributed by atoms with Crippen LogP contribution in [0.5, 0.6) is 0 Å². The fourth-order valence-corrected chi connectivity index (χ4v) is 2.66. The van der Waals surface area contributed by atoms with Gasteiger partial charge in [-0.2, -0.15) is 5.26 Å². The van der Waals surface area contributed by atoms with Gasteiger partial charge in [-0.3, -0.25) is 0 Å². The summed E-state index contributed by atoms with van der Waals surface area (Å²) in [7, 11) is 2.02. The molecule has 1 N–H and O–H groups in total. The third kappa shape index (κ3) is 2.49. The van der Waals surface area contributed by atoms with E-state index in [0.717, 1.165) is 24.2 Å². The summed E-state index contributed by atoms with van der Waals surface area (Å²) in [5.74, 6) is 0. The second-order valence-electron chi connectivity index (χ2n) is 5.61. The summed E-state index contributed by atoms with van der Waals surface area (Å²) >= 11 is 0. The Morgan fingerprint density at radius 3 is 2.89 bits per heavy atom. The molecule has 3 heteroatoms. The lowest BCUT2D eigenvalue weighted by Crippen LogP contribution is -2.55. The van der Waals surface area contributed by atoms with E-state index in [0.29, 0.717) is 6.04 Å². The summed E-state index contributed by atoms with van der Waals surface area (Å²) < 4.78 is 0. The molecule has 2 rings (SSSR count). The van der Waals surface area contributed by atoms with Crippen LogP contribution in [0.1, 0.15) is 32.3 Å². The molecular weight excluding hydrogens is 222 g/mol. The Kier molecular flexibility index (Phi) is 3.58. The molecule has 96 valence electrons. The third-order valence-corrected chi connectivity index (χ3v) is 3.93. The first-order valence-corrected chi connectivity index (χ1v) is 6.52. The van der Waals surface area contributed by atoms with E-state index in [-0.39, 0.29) is 5.54 Å². The van der Waals surface area contributed by atoms with Gasteiger partial charge in [0.15, 0.2) is 0 Å². The highest BCUT2D eigenvalue weighted by atomic mass is 15.2. The number of anilines is 1. The number of likely N-dealkylation sites (N-methyl/N-ethyl adjacent to an activating group) is 1. The first kappa shape index (κ1) is 12.9. The number of benzene rings is 1. The highest BCUT2D eigenvalue weighted by Crippen LogP contribution is 2.32. The Bertz CT molecular complexity index is 459. The predicted octanol–water partition coefficient (Wildman–Crippen LogP) is 2.53. The van der Waals surface area contributed by atoms with Crippen molar-refractivity contribution < 1.29 is 0 Å². The largest absolute Gasteiger partial charge is 0.365 e. The quantitative estimate of drug-likeness (QED) is 0.867. The van der Waals surface area contributed by atoms with E-state index < -0.39 is 0 Å². The minimum Gasteiger partial charge on any atom is -0.365 e. The number of nitrogens with one attached hydrogen (secondary N) is 1. The molecule has 1 aromatic carbocycles. The summed E-state index contributed by atoms with van der Waals surface area (Å²) in [6.45, 7) is 5.55. The molecule has 1 saturated heterocycles. The number of nitrogens with zero attached hydrogens (tertiary/aromatic N) is 2. The number of rotatable bonds is 2. The topological polar surface area (TPSA) is 39.1 Å². The Labute approximate surface area is 109 Å². The molecular formula is C15H21N3. The maximum absolute atomic E-state index is 9.01. The van der Waals surface area contributed by atoms with Gasteiger partial charge in [0, 0.05) is 23.8 Å². The van der Waals surface area contributed by atoms with Crippen LogP contribution in [0.2, 0.25) is 0 Å². The lowest BCUT2D eigenvalue weighted by Gasteiger charge is -2.47. The molecule has 18 heavy (non-hydrogen) atoms. The van der Waals surface area contributed by atoms with Gasteiger partial charge in [-0.05, 0) is 51.9 Å². The molecule has 0 aromatic heterocycles. The van der Waals surface area contributed by atoms with Gasteiger partial charge in [-0.15, -0.1) is 0 Å². The van der Waals surface area contributed by atoms with Crippen molar-refractivity contribution in [2.45, 2.75) is 38.3 Å². The molecule has 1 atom stereocenters. The summed E-state index contributed by atoms with van der Waals surface area (Å²) in [6, 6.07) is 10.7. The summed E-state index contributed by atoms with van der Waals surface area (Å²) in [5, 5.41) is 12.4. The zero-order chi connectivity index (χ0) is 13.2. The van der Waals surface area contributed by atoms with E-state index in [1.54, 1.807) is 0 Å². The van der Waals surface area contributed by atoms with Crippen LogP contribution in [0.4, 0.5) is 5.69 Å². The number of nitriles is 1. The lowest BCUT2D eigenvalue weighted by atomic mass is 9.87. The minimum atomic E-state index is 0.154. The molecule has 0 spiro atoms. The average Bonchev–Trinajstić information content (AvgIpc) is 2.38. The average molecular weight is 243 g/mol. The van der Waals surface area contributed by atoms with Crippen molar-refractivity contribution in [1.29, 1.82) is 5.26 Å². The van der Waals surface area contributed by atoms with Gasteiger partial charge in [0.25, 0.3) is 0 Å². The van der Waals surface area contributed by atoms with Crippen molar-refractivity contribution in [2.24, 2.45) is 0 Å². The van der Waals surface area contributed by atoms with E-state index in [2.05, 4.69) is 36.2 Å². The van der Waals surface area contributed by atoms with Crippen LogP contribution in [0.3, 0.4) is 0 Å². The summed E-state index contributed by atoms with van der Waals surface area (Å²) in [6.07, 6.45) is 2.37. The summed E-state index contributed by atoms with van der Waals surface area (Å²) in [4.78, 5) is 2.42. The minimum absolute atomic E-state index is 0.154. The maximum Gasteiger partial charge on any atom is 0.0992 e. The van der Waals surface area contributed by atoms with Gasteiger partial charge in [0.2, 0.25) is 0 Å². The fourth-order valence-electron chi connectivity index (χ4n) is 2.66. The van der Waals surface area contributed by atoms with Crippen LogP contribution in [0.15, 0.2) is 24.3 Å². The fraction of sp³-hybridized carbons (Fsp3) is 0.533. The van der Waals surface area contributed by atoms with Gasteiger partial charge < -0.3 is 10.2 Å².